The molecule has 0 heterocycles. The summed E-state index contributed by atoms with van der Waals surface area (Å²) < 4.78 is 60.9. The molecule has 0 aromatic heterocycles. The first-order valence-electron chi connectivity index (χ1n) is 36.7. The van der Waals surface area contributed by atoms with Gasteiger partial charge in [0.15, 0.2) is 6.10 Å². The number of aliphatic hydroxyl groups is 2. The Hall–Kier alpha value is -5.61. The summed E-state index contributed by atoms with van der Waals surface area (Å²) in [5.74, 6) is -1.75. The molecule has 0 aromatic carbocycles. The predicted octanol–water partition coefficient (Wildman–Crippen LogP) is 21.2. The van der Waals surface area contributed by atoms with Crippen LogP contribution < -0.4 is 0 Å². The van der Waals surface area contributed by atoms with Crippen LogP contribution in [0.3, 0.4) is 0 Å². The minimum atomic E-state index is -4.97. The number of ether oxygens (including phenoxy) is 3. The SMILES string of the molecule is CC/C=C\C/C=C\C/C=C\C/C=C\C/C=C\C/C=C\CCCCC(=O)OCC(COP(=O)(O)OCC(O)COP(=O)(O)OCC(O)COC(=O)CCCCCCCCC/C=C\C/C=C\C/C=C\C/C=C\CCCCC)OC(=O)CC/C=C\C/C=C\C/C=C\C/C=C\C/C=C\C/C=C\CC. The number of carbonyl (C=O) groups excluding carboxylic acids is 3. The Balaban J connectivity index is 4.83. The number of phosphoric ester groups is 2. The highest BCUT2D eigenvalue weighted by Gasteiger charge is 2.29. The summed E-state index contributed by atoms with van der Waals surface area (Å²) in [6, 6.07) is 0. The zero-order valence-electron chi connectivity index (χ0n) is 60.6. The summed E-state index contributed by atoms with van der Waals surface area (Å²) in [5, 5.41) is 20.6. The number of unbranched alkanes of at least 4 members (excludes halogenated alkanes) is 12. The third-order valence-electron chi connectivity index (χ3n) is 14.3. The third kappa shape index (κ3) is 73.4. The normalized spacial score (nSPS) is 15.2. The van der Waals surface area contributed by atoms with E-state index in [0.29, 0.717) is 25.7 Å². The molecule has 0 aliphatic heterocycles. The van der Waals surface area contributed by atoms with Gasteiger partial charge >= 0.3 is 33.6 Å². The Labute approximate surface area is 597 Å². The van der Waals surface area contributed by atoms with Crippen LogP contribution >= 0.6 is 15.6 Å². The standard InChI is InChI=1S/C81H128O16P2/c1-4-7-10-13-16-19-22-25-28-31-34-36-37-39-42-43-46-49-52-55-58-61-64-67-79(84)91-70-76(82)71-93-98(87,88)94-72-77(83)73-95-99(89,90)96-75-78(97-81(86)69-66-63-60-57-54-51-48-45-40-33-30-27-24-21-18-15-12-9-6-3)74-92-80(85)68-65-62-59-56-53-50-47-44-41-38-35-32-29-26-23-20-17-14-11-8-5-2/h8-9,11-12,16-21,25-30,34-36,38-40,42,44-45,47,51,53-54,56,60,63,76-78,82-83H,4-7,10,13-15,22-24,31-33,37,41,43,46,48-50,52,55,57-59,61-62,64-75H2,1-3H3,(H,87,88)(H,89,90)/b11-8-,12-9-,19-16-,20-17-,21-18-,28-25-,29-26-,30-27-,36-34-,38-35-,42-39-,45-40-,47-44-,54-51-,56-53-,63-60-. The van der Waals surface area contributed by atoms with E-state index in [1.165, 1.54) is 25.7 Å². The molecule has 0 saturated carbocycles. The average Bonchev–Trinajstić information content (AvgIpc) is 2.42. The number of hydrogen-bond acceptors (Lipinski definition) is 14. The van der Waals surface area contributed by atoms with Crippen molar-refractivity contribution in [2.45, 2.75) is 257 Å². The number of aliphatic hydroxyl groups excluding tert-OH is 2. The van der Waals surface area contributed by atoms with Crippen LogP contribution in [-0.4, -0.2) is 95.9 Å². The molecule has 0 spiro atoms. The zero-order chi connectivity index (χ0) is 72.3. The lowest BCUT2D eigenvalue weighted by Crippen LogP contribution is -2.29. The third-order valence-corrected chi connectivity index (χ3v) is 16.2. The maximum atomic E-state index is 12.9. The molecule has 558 valence electrons. The Bertz CT molecular complexity index is 2580. The van der Waals surface area contributed by atoms with Gasteiger partial charge in [0.05, 0.1) is 26.4 Å². The Morgan fingerprint density at radius 1 is 0.293 bits per heavy atom. The van der Waals surface area contributed by atoms with Crippen molar-refractivity contribution in [3.63, 3.8) is 0 Å². The number of allylic oxidation sites excluding steroid dienone is 32. The van der Waals surface area contributed by atoms with Crippen LogP contribution in [0.2, 0.25) is 0 Å². The van der Waals surface area contributed by atoms with Gasteiger partial charge in [0, 0.05) is 19.3 Å². The minimum absolute atomic E-state index is 0.0400. The van der Waals surface area contributed by atoms with E-state index in [2.05, 4.69) is 197 Å². The molecular formula is C81H128O16P2. The second-order valence-corrected chi connectivity index (χ2v) is 26.5. The van der Waals surface area contributed by atoms with Crippen molar-refractivity contribution in [2.24, 2.45) is 0 Å². The lowest BCUT2D eigenvalue weighted by atomic mass is 10.1. The molecule has 0 aromatic rings. The van der Waals surface area contributed by atoms with E-state index in [4.69, 9.17) is 32.3 Å². The fraction of sp³-hybridized carbons (Fsp3) is 0.568. The number of phosphoric acid groups is 2. The molecule has 0 aliphatic rings. The van der Waals surface area contributed by atoms with Crippen LogP contribution in [0.5, 0.6) is 0 Å². The summed E-state index contributed by atoms with van der Waals surface area (Å²) in [6.45, 7) is 2.22. The van der Waals surface area contributed by atoms with Gasteiger partial charge < -0.3 is 34.2 Å². The molecule has 0 amide bonds. The Kier molecular flexibility index (Phi) is 68.1. The van der Waals surface area contributed by atoms with Crippen molar-refractivity contribution in [2.75, 3.05) is 39.6 Å². The van der Waals surface area contributed by atoms with Crippen molar-refractivity contribution >= 4 is 33.6 Å². The smallest absolute Gasteiger partial charge is 0.463 e. The van der Waals surface area contributed by atoms with E-state index >= 15 is 0 Å². The first-order chi connectivity index (χ1) is 48.2. The van der Waals surface area contributed by atoms with Crippen LogP contribution in [0.15, 0.2) is 194 Å². The van der Waals surface area contributed by atoms with Crippen molar-refractivity contribution in [3.05, 3.63) is 194 Å². The fourth-order valence-corrected chi connectivity index (χ4v) is 10.3. The molecule has 0 aliphatic carbocycles. The molecule has 16 nitrogen and oxygen atoms in total. The second-order valence-electron chi connectivity index (χ2n) is 23.6. The maximum absolute atomic E-state index is 12.9. The summed E-state index contributed by atoms with van der Waals surface area (Å²) >= 11 is 0. The van der Waals surface area contributed by atoms with Crippen LogP contribution in [0, 0.1) is 0 Å². The van der Waals surface area contributed by atoms with Gasteiger partial charge in [-0.1, -0.05) is 260 Å². The van der Waals surface area contributed by atoms with Crippen molar-refractivity contribution in [3.8, 4) is 0 Å². The van der Waals surface area contributed by atoms with E-state index < -0.39 is 91.5 Å². The first kappa shape index (κ1) is 93.4. The average molecular weight is 1420 g/mol. The van der Waals surface area contributed by atoms with Gasteiger partial charge in [0.1, 0.15) is 25.4 Å². The molecule has 18 heteroatoms. The Morgan fingerprint density at radius 3 is 0.909 bits per heavy atom. The topological polar surface area (TPSA) is 231 Å². The van der Waals surface area contributed by atoms with Gasteiger partial charge in [-0.25, -0.2) is 9.13 Å². The number of esters is 3. The van der Waals surface area contributed by atoms with Crippen LogP contribution in [0.4, 0.5) is 0 Å². The van der Waals surface area contributed by atoms with E-state index in [-0.39, 0.29) is 19.3 Å². The van der Waals surface area contributed by atoms with Crippen molar-refractivity contribution < 1.29 is 75.8 Å². The molecular weight excluding hydrogens is 1290 g/mol. The Morgan fingerprint density at radius 2 is 0.556 bits per heavy atom. The summed E-state index contributed by atoms with van der Waals surface area (Å²) in [6.07, 6.45) is 93.5. The number of hydrogen-bond donors (Lipinski definition) is 4. The summed E-state index contributed by atoms with van der Waals surface area (Å²) in [7, 11) is -9.85. The lowest BCUT2D eigenvalue weighted by Gasteiger charge is -2.21. The highest BCUT2D eigenvalue weighted by atomic mass is 31.2. The van der Waals surface area contributed by atoms with Gasteiger partial charge in [-0.15, -0.1) is 0 Å². The van der Waals surface area contributed by atoms with Gasteiger partial charge in [-0.05, 0) is 154 Å². The van der Waals surface area contributed by atoms with Crippen molar-refractivity contribution in [1.29, 1.82) is 0 Å². The van der Waals surface area contributed by atoms with Crippen LogP contribution in [0.25, 0.3) is 0 Å². The van der Waals surface area contributed by atoms with E-state index in [0.717, 1.165) is 148 Å². The van der Waals surface area contributed by atoms with Crippen molar-refractivity contribution in [1.82, 2.24) is 0 Å². The highest BCUT2D eigenvalue weighted by Crippen LogP contribution is 2.45. The second kappa shape index (κ2) is 72.2. The van der Waals surface area contributed by atoms with E-state index in [9.17, 15) is 43.5 Å². The molecule has 0 fully saturated rings. The number of carbonyl (C=O) groups is 3. The van der Waals surface area contributed by atoms with Gasteiger partial charge in [0.2, 0.25) is 0 Å². The van der Waals surface area contributed by atoms with Gasteiger partial charge in [0.25, 0.3) is 0 Å². The van der Waals surface area contributed by atoms with Crippen LogP contribution in [0.1, 0.15) is 239 Å². The lowest BCUT2D eigenvalue weighted by molar-refractivity contribution is -0.161. The molecule has 99 heavy (non-hydrogen) atoms. The first-order valence-corrected chi connectivity index (χ1v) is 39.7. The zero-order valence-corrected chi connectivity index (χ0v) is 62.4. The largest absolute Gasteiger partial charge is 0.472 e. The number of rotatable bonds is 67. The van der Waals surface area contributed by atoms with Gasteiger partial charge in [-0.3, -0.25) is 32.5 Å². The molecule has 0 bridgehead atoms. The molecule has 5 atom stereocenters. The monoisotopic (exact) mass is 1420 g/mol. The molecule has 4 N–H and O–H groups in total. The van der Waals surface area contributed by atoms with E-state index in [1.807, 2.05) is 18.2 Å². The van der Waals surface area contributed by atoms with Crippen LogP contribution in [-0.2, 0) is 55.8 Å². The molecule has 0 rings (SSSR count). The minimum Gasteiger partial charge on any atom is -0.463 e. The summed E-state index contributed by atoms with van der Waals surface area (Å²) in [4.78, 5) is 58.5. The molecule has 5 unspecified atom stereocenters. The maximum Gasteiger partial charge on any atom is 0.472 e. The predicted molar refractivity (Wildman–Crippen MR) is 408 cm³/mol. The van der Waals surface area contributed by atoms with E-state index in [1.54, 1.807) is 0 Å². The van der Waals surface area contributed by atoms with Gasteiger partial charge in [-0.2, -0.15) is 0 Å². The summed E-state index contributed by atoms with van der Waals surface area (Å²) in [5.41, 5.74) is 0. The highest BCUT2D eigenvalue weighted by molar-refractivity contribution is 7.47. The fourth-order valence-electron chi connectivity index (χ4n) is 8.76. The molecule has 0 saturated heterocycles. The molecule has 0 radical (unpaired) electrons. The quantitative estimate of drug-likeness (QED) is 0.0146.